The first-order valence-corrected chi connectivity index (χ1v) is 9.95. The molecule has 0 bridgehead atoms. The molecule has 3 aromatic rings. The third-order valence-electron chi connectivity index (χ3n) is 5.79. The van der Waals surface area contributed by atoms with Crippen molar-refractivity contribution in [2.75, 3.05) is 32.2 Å². The van der Waals surface area contributed by atoms with Crippen LogP contribution in [0.4, 0.5) is 5.82 Å². The van der Waals surface area contributed by atoms with Gasteiger partial charge in [-0.3, -0.25) is 5.10 Å². The Balaban J connectivity index is 1.70. The molecule has 2 aromatic heterocycles. The van der Waals surface area contributed by atoms with Crippen LogP contribution in [0, 0.1) is 6.92 Å². The Morgan fingerprint density at radius 1 is 1.21 bits per heavy atom. The van der Waals surface area contributed by atoms with Crippen LogP contribution in [0.25, 0.3) is 10.9 Å². The summed E-state index contributed by atoms with van der Waals surface area (Å²) in [5.74, 6) is 3.00. The predicted molar refractivity (Wildman–Crippen MR) is 112 cm³/mol. The summed E-state index contributed by atoms with van der Waals surface area (Å²) in [7, 11) is 3.35. The van der Waals surface area contributed by atoms with Crippen LogP contribution in [-0.2, 0) is 6.42 Å². The fourth-order valence-electron chi connectivity index (χ4n) is 4.23. The molecule has 1 saturated heterocycles. The van der Waals surface area contributed by atoms with Crippen LogP contribution < -0.4 is 14.4 Å². The van der Waals surface area contributed by atoms with Gasteiger partial charge in [0.25, 0.3) is 0 Å². The van der Waals surface area contributed by atoms with Crippen LogP contribution >= 0.6 is 0 Å². The van der Waals surface area contributed by atoms with E-state index < -0.39 is 0 Å². The maximum absolute atomic E-state index is 5.60. The van der Waals surface area contributed by atoms with Crippen LogP contribution in [0.3, 0.4) is 0 Å². The van der Waals surface area contributed by atoms with Crippen molar-refractivity contribution in [3.63, 3.8) is 0 Å². The van der Waals surface area contributed by atoms with Gasteiger partial charge in [-0.1, -0.05) is 6.92 Å². The number of anilines is 1. The Morgan fingerprint density at radius 3 is 2.82 bits per heavy atom. The van der Waals surface area contributed by atoms with Gasteiger partial charge in [-0.15, -0.1) is 0 Å². The normalized spacial score (nSPS) is 17.1. The average Bonchev–Trinajstić information content (AvgIpc) is 3.22. The Kier molecular flexibility index (Phi) is 5.11. The lowest BCUT2D eigenvalue weighted by Gasteiger charge is -2.34. The number of pyridine rings is 1. The van der Waals surface area contributed by atoms with Gasteiger partial charge in [0.1, 0.15) is 22.8 Å². The molecule has 1 atom stereocenters. The van der Waals surface area contributed by atoms with Gasteiger partial charge in [0.15, 0.2) is 0 Å². The summed E-state index contributed by atoms with van der Waals surface area (Å²) in [4.78, 5) is 7.38. The number of aromatic nitrogens is 3. The summed E-state index contributed by atoms with van der Waals surface area (Å²) in [5.41, 5.74) is 4.67. The van der Waals surface area contributed by atoms with Crippen molar-refractivity contribution in [3.8, 4) is 11.5 Å². The molecule has 1 aliphatic heterocycles. The van der Waals surface area contributed by atoms with Crippen LogP contribution in [0.5, 0.6) is 11.5 Å². The Labute approximate surface area is 165 Å². The van der Waals surface area contributed by atoms with Gasteiger partial charge < -0.3 is 14.4 Å². The minimum Gasteiger partial charge on any atom is -0.497 e. The predicted octanol–water partition coefficient (Wildman–Crippen LogP) is 4.23. The van der Waals surface area contributed by atoms with E-state index in [1.165, 1.54) is 23.2 Å². The molecule has 1 aliphatic rings. The van der Waals surface area contributed by atoms with Gasteiger partial charge >= 0.3 is 0 Å². The molecule has 1 aromatic carbocycles. The number of methoxy groups -OCH3 is 2. The monoisotopic (exact) mass is 380 g/mol. The maximum atomic E-state index is 5.60. The number of H-pyrrole nitrogens is 1. The van der Waals surface area contributed by atoms with E-state index in [4.69, 9.17) is 14.5 Å². The van der Waals surface area contributed by atoms with Crippen LogP contribution in [0.2, 0.25) is 0 Å². The van der Waals surface area contributed by atoms with E-state index in [-0.39, 0.29) is 0 Å². The van der Waals surface area contributed by atoms with Crippen LogP contribution in [0.1, 0.15) is 42.5 Å². The second kappa shape index (κ2) is 7.70. The molecular formula is C22H28N4O2. The van der Waals surface area contributed by atoms with E-state index in [2.05, 4.69) is 35.0 Å². The molecule has 3 heterocycles. The van der Waals surface area contributed by atoms with Crippen LogP contribution in [0.15, 0.2) is 24.4 Å². The molecule has 0 saturated carbocycles. The van der Waals surface area contributed by atoms with Gasteiger partial charge in [0, 0.05) is 36.2 Å². The van der Waals surface area contributed by atoms with Gasteiger partial charge in [-0.25, -0.2) is 4.98 Å². The number of ether oxygens (including phenoxy) is 2. The van der Waals surface area contributed by atoms with E-state index in [0.29, 0.717) is 5.92 Å². The minimum atomic E-state index is 0.460. The van der Waals surface area contributed by atoms with Gasteiger partial charge in [-0.2, -0.15) is 5.10 Å². The van der Waals surface area contributed by atoms with Crippen molar-refractivity contribution in [2.24, 2.45) is 0 Å². The zero-order chi connectivity index (χ0) is 19.7. The standard InChI is InChI=1S/C22H28N4O2/c1-5-15-12-23-25-21(15)16-7-6-8-26(13-16)20-9-14(2)18-10-17(27-3)11-19(28-4)22(18)24-20/h9-12,16H,5-8,13H2,1-4H3,(H,23,25)/t16-/m0/s1. The van der Waals surface area contributed by atoms with Crippen molar-refractivity contribution in [2.45, 2.75) is 39.0 Å². The smallest absolute Gasteiger partial charge is 0.148 e. The van der Waals surface area contributed by atoms with Gasteiger partial charge in [-0.05, 0) is 49.4 Å². The first-order valence-electron chi connectivity index (χ1n) is 9.95. The van der Waals surface area contributed by atoms with Crippen molar-refractivity contribution in [1.29, 1.82) is 0 Å². The van der Waals surface area contributed by atoms with Gasteiger partial charge in [0.2, 0.25) is 0 Å². The lowest BCUT2D eigenvalue weighted by Crippen LogP contribution is -2.35. The molecule has 1 fully saturated rings. The Hall–Kier alpha value is -2.76. The van der Waals surface area contributed by atoms with E-state index >= 15 is 0 Å². The highest BCUT2D eigenvalue weighted by Gasteiger charge is 2.26. The first kappa shape index (κ1) is 18.6. The molecule has 0 spiro atoms. The third kappa shape index (κ3) is 3.28. The molecule has 0 amide bonds. The highest BCUT2D eigenvalue weighted by atomic mass is 16.5. The minimum absolute atomic E-state index is 0.460. The van der Waals surface area contributed by atoms with E-state index in [0.717, 1.165) is 54.2 Å². The molecule has 1 N–H and O–H groups in total. The summed E-state index contributed by atoms with van der Waals surface area (Å²) in [5, 5.41) is 8.58. The summed E-state index contributed by atoms with van der Waals surface area (Å²) >= 11 is 0. The fraction of sp³-hybridized carbons (Fsp3) is 0.455. The molecule has 6 heteroatoms. The fourth-order valence-corrected chi connectivity index (χ4v) is 4.23. The number of hydrogen-bond donors (Lipinski definition) is 1. The number of rotatable bonds is 5. The number of aryl methyl sites for hydroxylation is 2. The highest BCUT2D eigenvalue weighted by Crippen LogP contribution is 2.36. The zero-order valence-corrected chi connectivity index (χ0v) is 17.1. The van der Waals surface area contributed by atoms with Gasteiger partial charge in [0.05, 0.1) is 20.4 Å². The summed E-state index contributed by atoms with van der Waals surface area (Å²) in [6.45, 7) is 6.27. The summed E-state index contributed by atoms with van der Waals surface area (Å²) in [6, 6.07) is 6.11. The Bertz CT molecular complexity index is 982. The number of benzene rings is 1. The van der Waals surface area contributed by atoms with E-state index in [1.807, 2.05) is 18.3 Å². The lowest BCUT2D eigenvalue weighted by molar-refractivity contribution is 0.397. The average molecular weight is 380 g/mol. The molecule has 28 heavy (non-hydrogen) atoms. The molecule has 0 radical (unpaired) electrons. The largest absolute Gasteiger partial charge is 0.497 e. The topological polar surface area (TPSA) is 63.3 Å². The van der Waals surface area contributed by atoms with Crippen molar-refractivity contribution < 1.29 is 9.47 Å². The lowest BCUT2D eigenvalue weighted by atomic mass is 9.92. The number of aromatic amines is 1. The molecule has 4 rings (SSSR count). The number of fused-ring (bicyclic) bond motifs is 1. The summed E-state index contributed by atoms with van der Waals surface area (Å²) < 4.78 is 11.0. The van der Waals surface area contributed by atoms with Crippen molar-refractivity contribution in [3.05, 3.63) is 41.2 Å². The van der Waals surface area contributed by atoms with Crippen molar-refractivity contribution >= 4 is 16.7 Å². The highest BCUT2D eigenvalue weighted by molar-refractivity contribution is 5.90. The van der Waals surface area contributed by atoms with Crippen molar-refractivity contribution in [1.82, 2.24) is 15.2 Å². The molecule has 148 valence electrons. The zero-order valence-electron chi connectivity index (χ0n) is 17.1. The quantitative estimate of drug-likeness (QED) is 0.718. The maximum Gasteiger partial charge on any atom is 0.148 e. The SMILES string of the molecule is CCc1cn[nH]c1[C@H]1CCCN(c2cc(C)c3cc(OC)cc(OC)c3n2)C1. The summed E-state index contributed by atoms with van der Waals surface area (Å²) in [6.07, 6.45) is 5.30. The van der Waals surface area contributed by atoms with E-state index in [9.17, 15) is 0 Å². The Morgan fingerprint density at radius 2 is 2.07 bits per heavy atom. The molecule has 0 unspecified atom stereocenters. The second-order valence-corrected chi connectivity index (χ2v) is 7.47. The second-order valence-electron chi connectivity index (χ2n) is 7.47. The number of nitrogens with zero attached hydrogens (tertiary/aromatic N) is 3. The molecular weight excluding hydrogens is 352 g/mol. The number of hydrogen-bond acceptors (Lipinski definition) is 5. The first-order chi connectivity index (χ1) is 13.6. The van der Waals surface area contributed by atoms with E-state index in [1.54, 1.807) is 14.2 Å². The molecule has 0 aliphatic carbocycles. The number of piperidine rings is 1. The third-order valence-corrected chi connectivity index (χ3v) is 5.79. The number of nitrogens with one attached hydrogen (secondary N) is 1. The molecule has 6 nitrogen and oxygen atoms in total. The van der Waals surface area contributed by atoms with Crippen LogP contribution in [-0.4, -0.2) is 42.5 Å².